The van der Waals surface area contributed by atoms with Crippen LogP contribution in [0, 0.1) is 0 Å². The van der Waals surface area contributed by atoms with Crippen molar-refractivity contribution in [3.63, 3.8) is 0 Å². The van der Waals surface area contributed by atoms with E-state index in [1.54, 1.807) is 11.8 Å². The summed E-state index contributed by atoms with van der Waals surface area (Å²) in [6, 6.07) is -0.542. The number of methoxy groups -OCH3 is 1. The van der Waals surface area contributed by atoms with Crippen molar-refractivity contribution >= 4 is 35.4 Å². The van der Waals surface area contributed by atoms with Crippen molar-refractivity contribution < 1.29 is 14.3 Å². The molecular formula is C12H24N2O3S2. The minimum Gasteiger partial charge on any atom is -0.467 e. The lowest BCUT2D eigenvalue weighted by atomic mass is 10.3. The van der Waals surface area contributed by atoms with Crippen LogP contribution in [0.15, 0.2) is 0 Å². The first-order chi connectivity index (χ1) is 8.97. The largest absolute Gasteiger partial charge is 0.467 e. The SMILES string of the molecule is COC(=O)[C@H](CSCCSCCN(C)C)NC(C)=O. The zero-order chi connectivity index (χ0) is 14.7. The van der Waals surface area contributed by atoms with Gasteiger partial charge in [0.05, 0.1) is 7.11 Å². The first-order valence-corrected chi connectivity index (χ1v) is 8.43. The molecule has 0 aliphatic carbocycles. The molecule has 0 saturated carbocycles. The number of nitrogens with zero attached hydrogens (tertiary/aromatic N) is 1. The van der Waals surface area contributed by atoms with Crippen LogP contribution in [-0.2, 0) is 14.3 Å². The predicted molar refractivity (Wildman–Crippen MR) is 82.8 cm³/mol. The van der Waals surface area contributed by atoms with Crippen LogP contribution in [0.1, 0.15) is 6.92 Å². The Morgan fingerprint density at radius 3 is 2.37 bits per heavy atom. The van der Waals surface area contributed by atoms with Crippen molar-refractivity contribution in [1.82, 2.24) is 10.2 Å². The number of amides is 1. The van der Waals surface area contributed by atoms with E-state index in [4.69, 9.17) is 0 Å². The fourth-order valence-electron chi connectivity index (χ4n) is 1.22. The fraction of sp³-hybridized carbons (Fsp3) is 0.833. The number of esters is 1. The molecule has 0 aromatic heterocycles. The van der Waals surface area contributed by atoms with E-state index in [9.17, 15) is 9.59 Å². The van der Waals surface area contributed by atoms with Gasteiger partial charge < -0.3 is 15.0 Å². The summed E-state index contributed by atoms with van der Waals surface area (Å²) in [6.45, 7) is 2.48. The molecule has 5 nitrogen and oxygen atoms in total. The molecule has 1 amide bonds. The van der Waals surface area contributed by atoms with Crippen LogP contribution in [0.25, 0.3) is 0 Å². The third kappa shape index (κ3) is 11.1. The summed E-state index contributed by atoms with van der Waals surface area (Å²) >= 11 is 3.55. The van der Waals surface area contributed by atoms with Crippen molar-refractivity contribution in [2.45, 2.75) is 13.0 Å². The van der Waals surface area contributed by atoms with E-state index in [0.717, 1.165) is 23.8 Å². The first kappa shape index (κ1) is 18.6. The Kier molecular flexibility index (Phi) is 11.2. The van der Waals surface area contributed by atoms with E-state index >= 15 is 0 Å². The second kappa shape index (κ2) is 11.4. The molecule has 7 heteroatoms. The van der Waals surface area contributed by atoms with E-state index in [-0.39, 0.29) is 11.9 Å². The molecule has 0 rings (SSSR count). The molecule has 0 aromatic rings. The maximum absolute atomic E-state index is 11.4. The zero-order valence-electron chi connectivity index (χ0n) is 12.1. The number of ether oxygens (including phenoxy) is 1. The van der Waals surface area contributed by atoms with Crippen molar-refractivity contribution in [2.75, 3.05) is 50.8 Å². The molecule has 0 heterocycles. The van der Waals surface area contributed by atoms with Gasteiger partial charge in [0.15, 0.2) is 0 Å². The monoisotopic (exact) mass is 308 g/mol. The molecular weight excluding hydrogens is 284 g/mol. The van der Waals surface area contributed by atoms with Crippen LogP contribution in [0.5, 0.6) is 0 Å². The topological polar surface area (TPSA) is 58.6 Å². The minimum absolute atomic E-state index is 0.212. The van der Waals surface area contributed by atoms with Crippen LogP contribution >= 0.6 is 23.5 Å². The lowest BCUT2D eigenvalue weighted by Crippen LogP contribution is -2.42. The highest BCUT2D eigenvalue weighted by Gasteiger charge is 2.19. The van der Waals surface area contributed by atoms with E-state index in [1.165, 1.54) is 14.0 Å². The lowest BCUT2D eigenvalue weighted by Gasteiger charge is -2.15. The first-order valence-electron chi connectivity index (χ1n) is 6.12. The fourth-order valence-corrected chi connectivity index (χ4v) is 3.49. The van der Waals surface area contributed by atoms with Gasteiger partial charge in [0.25, 0.3) is 0 Å². The van der Waals surface area contributed by atoms with Gasteiger partial charge >= 0.3 is 5.97 Å². The molecule has 0 unspecified atom stereocenters. The van der Waals surface area contributed by atoms with Crippen molar-refractivity contribution in [2.24, 2.45) is 0 Å². The van der Waals surface area contributed by atoms with Crippen LogP contribution in [-0.4, -0.2) is 73.6 Å². The van der Waals surface area contributed by atoms with E-state index in [2.05, 4.69) is 29.0 Å². The van der Waals surface area contributed by atoms with Crippen LogP contribution < -0.4 is 5.32 Å². The Bertz CT molecular complexity index is 276. The summed E-state index contributed by atoms with van der Waals surface area (Å²) in [6.07, 6.45) is 0. The molecule has 0 saturated heterocycles. The Morgan fingerprint density at radius 1 is 1.21 bits per heavy atom. The number of nitrogens with one attached hydrogen (secondary N) is 1. The Labute approximate surface area is 124 Å². The maximum Gasteiger partial charge on any atom is 0.329 e. The summed E-state index contributed by atoms with van der Waals surface area (Å²) in [5, 5.41) is 2.60. The highest BCUT2D eigenvalue weighted by Crippen LogP contribution is 2.09. The molecule has 0 bridgehead atoms. The van der Waals surface area contributed by atoms with Gasteiger partial charge in [-0.15, -0.1) is 0 Å². The quantitative estimate of drug-likeness (QED) is 0.473. The summed E-state index contributed by atoms with van der Waals surface area (Å²) in [5.41, 5.74) is 0. The van der Waals surface area contributed by atoms with Gasteiger partial charge in [-0.2, -0.15) is 23.5 Å². The Balaban J connectivity index is 3.69. The molecule has 0 aliphatic rings. The second-order valence-corrected chi connectivity index (χ2v) is 6.64. The molecule has 112 valence electrons. The van der Waals surface area contributed by atoms with Gasteiger partial charge in [0.2, 0.25) is 5.91 Å². The van der Waals surface area contributed by atoms with Crippen molar-refractivity contribution in [3.8, 4) is 0 Å². The highest BCUT2D eigenvalue weighted by molar-refractivity contribution is 8.02. The van der Waals surface area contributed by atoms with Gasteiger partial charge in [-0.3, -0.25) is 4.79 Å². The van der Waals surface area contributed by atoms with Crippen LogP contribution in [0.2, 0.25) is 0 Å². The standard InChI is InChI=1S/C12H24N2O3S2/c1-10(15)13-11(12(16)17-4)9-19-8-7-18-6-5-14(2)3/h11H,5-9H2,1-4H3,(H,13,15)/t11-/m0/s1. The number of hydrogen-bond donors (Lipinski definition) is 1. The smallest absolute Gasteiger partial charge is 0.329 e. The zero-order valence-corrected chi connectivity index (χ0v) is 13.7. The number of thioether (sulfide) groups is 2. The van der Waals surface area contributed by atoms with Crippen molar-refractivity contribution in [3.05, 3.63) is 0 Å². The Morgan fingerprint density at radius 2 is 1.84 bits per heavy atom. The van der Waals surface area contributed by atoms with Gasteiger partial charge in [0.1, 0.15) is 6.04 Å². The lowest BCUT2D eigenvalue weighted by molar-refractivity contribution is -0.144. The van der Waals surface area contributed by atoms with Gasteiger partial charge in [0, 0.05) is 36.5 Å². The third-order valence-corrected chi connectivity index (χ3v) is 4.49. The van der Waals surface area contributed by atoms with Crippen LogP contribution in [0.4, 0.5) is 0 Å². The Hall–Kier alpha value is -0.400. The molecule has 0 aromatic carbocycles. The number of carbonyl (C=O) groups excluding carboxylic acids is 2. The summed E-state index contributed by atoms with van der Waals surface area (Å²) < 4.78 is 4.66. The predicted octanol–water partition coefficient (Wildman–Crippen LogP) is 0.692. The van der Waals surface area contributed by atoms with E-state index in [0.29, 0.717) is 5.75 Å². The van der Waals surface area contributed by atoms with Crippen molar-refractivity contribution in [1.29, 1.82) is 0 Å². The summed E-state index contributed by atoms with van der Waals surface area (Å²) in [7, 11) is 5.45. The molecule has 1 atom stereocenters. The average Bonchev–Trinajstić information content (AvgIpc) is 2.34. The molecule has 19 heavy (non-hydrogen) atoms. The summed E-state index contributed by atoms with van der Waals surface area (Å²) in [5.74, 6) is 3.08. The molecule has 0 fully saturated rings. The normalized spacial score (nSPS) is 12.3. The number of carbonyl (C=O) groups is 2. The number of hydrogen-bond acceptors (Lipinski definition) is 6. The highest BCUT2D eigenvalue weighted by atomic mass is 32.2. The molecule has 0 radical (unpaired) electrons. The summed E-state index contributed by atoms with van der Waals surface area (Å²) in [4.78, 5) is 24.6. The molecule has 0 aliphatic heterocycles. The van der Waals surface area contributed by atoms with E-state index < -0.39 is 6.04 Å². The molecule has 0 spiro atoms. The van der Waals surface area contributed by atoms with E-state index in [1.807, 2.05) is 11.8 Å². The molecule has 1 N–H and O–H groups in total. The van der Waals surface area contributed by atoms with Crippen LogP contribution in [0.3, 0.4) is 0 Å². The minimum atomic E-state index is -0.542. The van der Waals surface area contributed by atoms with Gasteiger partial charge in [-0.05, 0) is 14.1 Å². The van der Waals surface area contributed by atoms with Gasteiger partial charge in [-0.1, -0.05) is 0 Å². The third-order valence-electron chi connectivity index (χ3n) is 2.20. The number of rotatable bonds is 10. The van der Waals surface area contributed by atoms with Gasteiger partial charge in [-0.25, -0.2) is 4.79 Å². The second-order valence-electron chi connectivity index (χ2n) is 4.27. The average molecular weight is 308 g/mol. The maximum atomic E-state index is 11.4.